The molecular weight excluding hydrogens is 185 g/mol. The van der Waals surface area contributed by atoms with Crippen LogP contribution in [0.25, 0.3) is 6.08 Å². The van der Waals surface area contributed by atoms with E-state index in [0.717, 1.165) is 6.20 Å². The molecule has 0 atom stereocenters. The zero-order valence-electron chi connectivity index (χ0n) is 7.48. The lowest BCUT2D eigenvalue weighted by Crippen LogP contribution is -1.91. The molecule has 0 saturated heterocycles. The monoisotopic (exact) mass is 195 g/mol. The molecule has 1 heterocycles. The molecule has 1 N–H and O–H groups in total. The highest BCUT2D eigenvalue weighted by Crippen LogP contribution is 2.06. The van der Waals surface area contributed by atoms with Gasteiger partial charge in [-0.2, -0.15) is 0 Å². The first-order chi connectivity index (χ1) is 6.77. The van der Waals surface area contributed by atoms with Crippen LogP contribution in [-0.2, 0) is 0 Å². The van der Waals surface area contributed by atoms with Gasteiger partial charge in [-0.15, -0.1) is 0 Å². The van der Waals surface area contributed by atoms with Crippen molar-refractivity contribution in [2.24, 2.45) is 0 Å². The van der Waals surface area contributed by atoms with Crippen molar-refractivity contribution in [2.75, 3.05) is 6.61 Å². The lowest BCUT2D eigenvalue weighted by atomic mass is 10.2. The molecule has 1 aromatic heterocycles. The lowest BCUT2D eigenvalue weighted by Gasteiger charge is -1.95. The predicted octanol–water partition coefficient (Wildman–Crippen LogP) is 1.43. The predicted molar refractivity (Wildman–Crippen MR) is 50.3 cm³/mol. The van der Waals surface area contributed by atoms with Gasteiger partial charge in [0.2, 0.25) is 0 Å². The van der Waals surface area contributed by atoms with Crippen molar-refractivity contribution in [3.63, 3.8) is 0 Å². The fourth-order valence-corrected chi connectivity index (χ4v) is 0.931. The van der Waals surface area contributed by atoms with Gasteiger partial charge in [0.25, 0.3) is 0 Å². The van der Waals surface area contributed by atoms with Crippen LogP contribution < -0.4 is 0 Å². The molecule has 0 aromatic carbocycles. The molecule has 0 spiro atoms. The fraction of sp³-hybridized carbons (Fsp3) is 0.200. The van der Waals surface area contributed by atoms with Gasteiger partial charge in [-0.05, 0) is 18.6 Å². The molecule has 3 nitrogen and oxygen atoms in total. The van der Waals surface area contributed by atoms with E-state index in [4.69, 9.17) is 5.11 Å². The Kier molecular flexibility index (Phi) is 3.94. The maximum absolute atomic E-state index is 12.8. The minimum atomic E-state index is -0.626. The summed E-state index contributed by atoms with van der Waals surface area (Å²) in [6.07, 6.45) is 5.29. The SMILES string of the molecule is O=Cc1cc(C=CCCO)ncc1F. The second-order valence-corrected chi connectivity index (χ2v) is 2.66. The Balaban J connectivity index is 2.84. The molecule has 0 saturated carbocycles. The summed E-state index contributed by atoms with van der Waals surface area (Å²) in [6, 6.07) is 1.36. The van der Waals surface area contributed by atoms with Crippen LogP contribution in [0.4, 0.5) is 4.39 Å². The highest BCUT2D eigenvalue weighted by Gasteiger charge is 2.00. The van der Waals surface area contributed by atoms with Gasteiger partial charge in [0.1, 0.15) is 0 Å². The first-order valence-electron chi connectivity index (χ1n) is 4.16. The number of carbonyl (C=O) groups is 1. The molecule has 1 aromatic rings. The third-order valence-corrected chi connectivity index (χ3v) is 1.62. The molecule has 1 rings (SSSR count). The summed E-state index contributed by atoms with van der Waals surface area (Å²) in [5.41, 5.74) is 0.491. The molecular formula is C10H10FNO2. The summed E-state index contributed by atoms with van der Waals surface area (Å²) in [4.78, 5) is 14.1. The topological polar surface area (TPSA) is 50.2 Å². The minimum Gasteiger partial charge on any atom is -0.396 e. The van der Waals surface area contributed by atoms with Crippen LogP contribution >= 0.6 is 0 Å². The Morgan fingerprint density at radius 2 is 2.36 bits per heavy atom. The van der Waals surface area contributed by atoms with Gasteiger partial charge in [-0.1, -0.05) is 6.08 Å². The Morgan fingerprint density at radius 1 is 1.57 bits per heavy atom. The summed E-state index contributed by atoms with van der Waals surface area (Å²) in [5, 5.41) is 8.50. The number of pyridine rings is 1. The van der Waals surface area contributed by atoms with E-state index in [1.165, 1.54) is 6.07 Å². The molecule has 0 unspecified atom stereocenters. The zero-order chi connectivity index (χ0) is 10.4. The molecule has 74 valence electrons. The maximum atomic E-state index is 12.8. The summed E-state index contributed by atoms with van der Waals surface area (Å²) in [5.74, 6) is -0.626. The van der Waals surface area contributed by atoms with Crippen LogP contribution in [0.15, 0.2) is 18.3 Å². The number of hydrogen-bond acceptors (Lipinski definition) is 3. The van der Waals surface area contributed by atoms with Crippen molar-refractivity contribution in [3.8, 4) is 0 Å². The summed E-state index contributed by atoms with van der Waals surface area (Å²) in [7, 11) is 0. The van der Waals surface area contributed by atoms with Crippen LogP contribution in [0, 0.1) is 5.82 Å². The Labute approximate surface area is 80.9 Å². The van der Waals surface area contributed by atoms with Crippen molar-refractivity contribution in [3.05, 3.63) is 35.4 Å². The minimum absolute atomic E-state index is 0.0105. The van der Waals surface area contributed by atoms with Crippen molar-refractivity contribution in [1.82, 2.24) is 4.98 Å². The van der Waals surface area contributed by atoms with Gasteiger partial charge in [-0.25, -0.2) is 4.39 Å². The molecule has 0 amide bonds. The number of aldehydes is 1. The van der Waals surface area contributed by atoms with Gasteiger partial charge in [0.15, 0.2) is 12.1 Å². The molecule has 0 bridgehead atoms. The summed E-state index contributed by atoms with van der Waals surface area (Å²) in [6.45, 7) is 0.0538. The molecule has 0 fully saturated rings. The maximum Gasteiger partial charge on any atom is 0.153 e. The van der Waals surface area contributed by atoms with E-state index in [1.54, 1.807) is 12.2 Å². The standard InChI is InChI=1S/C10H10FNO2/c11-10-6-12-9(3-1-2-4-13)5-8(10)7-14/h1,3,5-7,13H,2,4H2. The highest BCUT2D eigenvalue weighted by atomic mass is 19.1. The van der Waals surface area contributed by atoms with Gasteiger partial charge >= 0.3 is 0 Å². The van der Waals surface area contributed by atoms with Crippen LogP contribution in [0.3, 0.4) is 0 Å². The number of halogens is 1. The van der Waals surface area contributed by atoms with E-state index in [2.05, 4.69) is 4.98 Å². The molecule has 0 aliphatic carbocycles. The number of carbonyl (C=O) groups excluding carboxylic acids is 1. The highest BCUT2D eigenvalue weighted by molar-refractivity contribution is 5.76. The third-order valence-electron chi connectivity index (χ3n) is 1.62. The Morgan fingerprint density at radius 3 is 3.00 bits per heavy atom. The Hall–Kier alpha value is -1.55. The normalized spacial score (nSPS) is 10.7. The Bertz CT molecular complexity index is 350. The van der Waals surface area contributed by atoms with E-state index in [1.807, 2.05) is 0 Å². The molecule has 4 heteroatoms. The van der Waals surface area contributed by atoms with Crippen molar-refractivity contribution >= 4 is 12.4 Å². The number of aliphatic hydroxyl groups excluding tert-OH is 1. The van der Waals surface area contributed by atoms with Gasteiger partial charge < -0.3 is 5.11 Å². The van der Waals surface area contributed by atoms with Crippen LogP contribution in [-0.4, -0.2) is 23.0 Å². The fourth-order valence-electron chi connectivity index (χ4n) is 0.931. The van der Waals surface area contributed by atoms with E-state index in [9.17, 15) is 9.18 Å². The number of aromatic nitrogens is 1. The van der Waals surface area contributed by atoms with Crippen molar-refractivity contribution < 1.29 is 14.3 Å². The van der Waals surface area contributed by atoms with E-state index in [0.29, 0.717) is 18.4 Å². The van der Waals surface area contributed by atoms with E-state index in [-0.39, 0.29) is 12.2 Å². The van der Waals surface area contributed by atoms with Gasteiger partial charge in [0.05, 0.1) is 17.5 Å². The van der Waals surface area contributed by atoms with Crippen LogP contribution in [0.2, 0.25) is 0 Å². The summed E-state index contributed by atoms with van der Waals surface area (Å²) >= 11 is 0. The average molecular weight is 195 g/mol. The number of rotatable bonds is 4. The largest absolute Gasteiger partial charge is 0.396 e. The first kappa shape index (κ1) is 10.5. The van der Waals surface area contributed by atoms with Crippen molar-refractivity contribution in [1.29, 1.82) is 0 Å². The van der Waals surface area contributed by atoms with Gasteiger partial charge in [0, 0.05) is 6.61 Å². The molecule has 0 aliphatic heterocycles. The van der Waals surface area contributed by atoms with E-state index >= 15 is 0 Å². The van der Waals surface area contributed by atoms with Crippen LogP contribution in [0.5, 0.6) is 0 Å². The summed E-state index contributed by atoms with van der Waals surface area (Å²) < 4.78 is 12.8. The molecule has 0 radical (unpaired) electrons. The lowest BCUT2D eigenvalue weighted by molar-refractivity contribution is 0.111. The van der Waals surface area contributed by atoms with Gasteiger partial charge in [-0.3, -0.25) is 9.78 Å². The number of hydrogen-bond donors (Lipinski definition) is 1. The molecule has 0 aliphatic rings. The smallest absolute Gasteiger partial charge is 0.153 e. The number of nitrogens with zero attached hydrogens (tertiary/aromatic N) is 1. The zero-order valence-corrected chi connectivity index (χ0v) is 7.48. The third kappa shape index (κ3) is 2.74. The van der Waals surface area contributed by atoms with Crippen LogP contribution in [0.1, 0.15) is 22.5 Å². The second-order valence-electron chi connectivity index (χ2n) is 2.66. The van der Waals surface area contributed by atoms with Crippen molar-refractivity contribution in [2.45, 2.75) is 6.42 Å². The van der Waals surface area contributed by atoms with E-state index < -0.39 is 5.82 Å². The number of aliphatic hydroxyl groups is 1. The first-order valence-corrected chi connectivity index (χ1v) is 4.16. The second kappa shape index (κ2) is 5.24. The quantitative estimate of drug-likeness (QED) is 0.739. The average Bonchev–Trinajstić information content (AvgIpc) is 2.21. The molecule has 14 heavy (non-hydrogen) atoms.